The Labute approximate surface area is 86.1 Å². The van der Waals surface area contributed by atoms with Crippen LogP contribution in [0.25, 0.3) is 0 Å². The molecule has 0 bridgehead atoms. The summed E-state index contributed by atoms with van der Waals surface area (Å²) in [5, 5.41) is 12.5. The number of nitrogens with one attached hydrogen (secondary N) is 1. The normalized spacial score (nSPS) is 21.2. The van der Waals surface area contributed by atoms with E-state index in [0.29, 0.717) is 0 Å². The minimum atomic E-state index is 0.219. The number of rotatable bonds is 1. The first-order chi connectivity index (χ1) is 6.31. The van der Waals surface area contributed by atoms with Crippen LogP contribution in [0.1, 0.15) is 17.0 Å². The Kier molecular flexibility index (Phi) is 2.67. The van der Waals surface area contributed by atoms with Crippen LogP contribution in [-0.2, 0) is 6.54 Å². The van der Waals surface area contributed by atoms with Crippen LogP contribution in [0.5, 0.6) is 0 Å². The zero-order valence-corrected chi connectivity index (χ0v) is 8.84. The standard InChI is InChI=1S/C10H12BrNO/c11-9-2-1-7-4-12-5-8(6-13)10(7)3-9/h1-3,8,12-13H,4-6H2. The lowest BCUT2D eigenvalue weighted by Gasteiger charge is -2.24. The van der Waals surface area contributed by atoms with Gasteiger partial charge in [-0.3, -0.25) is 0 Å². The van der Waals surface area contributed by atoms with Gasteiger partial charge in [0.25, 0.3) is 0 Å². The minimum Gasteiger partial charge on any atom is -0.396 e. The fourth-order valence-corrected chi connectivity index (χ4v) is 2.14. The molecule has 3 heteroatoms. The fraction of sp³-hybridized carbons (Fsp3) is 0.400. The first kappa shape index (κ1) is 9.19. The lowest BCUT2D eigenvalue weighted by Crippen LogP contribution is -2.29. The molecule has 1 unspecified atom stereocenters. The second kappa shape index (κ2) is 3.78. The average molecular weight is 242 g/mol. The number of benzene rings is 1. The van der Waals surface area contributed by atoms with Crippen molar-refractivity contribution in [2.45, 2.75) is 12.5 Å². The van der Waals surface area contributed by atoms with Crippen molar-refractivity contribution in [2.75, 3.05) is 13.2 Å². The summed E-state index contributed by atoms with van der Waals surface area (Å²) in [7, 11) is 0. The van der Waals surface area contributed by atoms with E-state index in [1.165, 1.54) is 11.1 Å². The summed E-state index contributed by atoms with van der Waals surface area (Å²) in [6.45, 7) is 2.01. The number of halogens is 1. The lowest BCUT2D eigenvalue weighted by atomic mass is 9.92. The van der Waals surface area contributed by atoms with E-state index in [2.05, 4.69) is 33.4 Å². The molecule has 2 N–H and O–H groups in total. The molecule has 2 nitrogen and oxygen atoms in total. The zero-order chi connectivity index (χ0) is 9.26. The topological polar surface area (TPSA) is 32.3 Å². The maximum absolute atomic E-state index is 9.17. The van der Waals surface area contributed by atoms with Gasteiger partial charge in [0.15, 0.2) is 0 Å². The number of hydrogen-bond donors (Lipinski definition) is 2. The Balaban J connectivity index is 2.41. The van der Waals surface area contributed by atoms with Crippen molar-refractivity contribution in [3.8, 4) is 0 Å². The fourth-order valence-electron chi connectivity index (χ4n) is 1.76. The van der Waals surface area contributed by atoms with Gasteiger partial charge in [0.05, 0.1) is 6.61 Å². The molecule has 1 aliphatic heterocycles. The molecule has 0 spiro atoms. The summed E-state index contributed by atoms with van der Waals surface area (Å²) in [6, 6.07) is 6.26. The number of hydrogen-bond acceptors (Lipinski definition) is 2. The number of aliphatic hydroxyl groups is 1. The van der Waals surface area contributed by atoms with Gasteiger partial charge in [0.2, 0.25) is 0 Å². The molecule has 70 valence electrons. The van der Waals surface area contributed by atoms with Crippen LogP contribution in [0.4, 0.5) is 0 Å². The van der Waals surface area contributed by atoms with Gasteiger partial charge in [-0.15, -0.1) is 0 Å². The van der Waals surface area contributed by atoms with E-state index in [9.17, 15) is 5.11 Å². The molecule has 0 saturated carbocycles. The molecule has 1 aromatic carbocycles. The van der Waals surface area contributed by atoms with E-state index in [1.807, 2.05) is 6.07 Å². The highest BCUT2D eigenvalue weighted by Gasteiger charge is 2.18. The van der Waals surface area contributed by atoms with Gasteiger partial charge < -0.3 is 10.4 Å². The van der Waals surface area contributed by atoms with Crippen LogP contribution in [0.15, 0.2) is 22.7 Å². The SMILES string of the molecule is OCC1CNCc2ccc(Br)cc21. The van der Waals surface area contributed by atoms with Gasteiger partial charge in [-0.05, 0) is 23.3 Å². The molecule has 1 aromatic rings. The van der Waals surface area contributed by atoms with Gasteiger partial charge in [-0.25, -0.2) is 0 Å². The van der Waals surface area contributed by atoms with Crippen LogP contribution >= 0.6 is 15.9 Å². The summed E-state index contributed by atoms with van der Waals surface area (Å²) in [4.78, 5) is 0. The Morgan fingerprint density at radius 3 is 3.15 bits per heavy atom. The summed E-state index contributed by atoms with van der Waals surface area (Å²) in [5.41, 5.74) is 2.57. The first-order valence-corrected chi connectivity index (χ1v) is 5.20. The van der Waals surface area contributed by atoms with E-state index in [0.717, 1.165) is 17.6 Å². The molecule has 1 aliphatic rings. The summed E-state index contributed by atoms with van der Waals surface area (Å²) >= 11 is 3.45. The monoisotopic (exact) mass is 241 g/mol. The van der Waals surface area contributed by atoms with E-state index in [-0.39, 0.29) is 12.5 Å². The molecule has 13 heavy (non-hydrogen) atoms. The van der Waals surface area contributed by atoms with Crippen LogP contribution in [-0.4, -0.2) is 18.3 Å². The predicted molar refractivity (Wildman–Crippen MR) is 55.7 cm³/mol. The first-order valence-electron chi connectivity index (χ1n) is 4.41. The average Bonchev–Trinajstić information content (AvgIpc) is 2.17. The van der Waals surface area contributed by atoms with Gasteiger partial charge >= 0.3 is 0 Å². The predicted octanol–water partition coefficient (Wildman–Crippen LogP) is 1.63. The van der Waals surface area contributed by atoms with Gasteiger partial charge in [-0.1, -0.05) is 22.0 Å². The third-order valence-electron chi connectivity index (χ3n) is 2.47. The third-order valence-corrected chi connectivity index (χ3v) is 2.97. The molecule has 0 aromatic heterocycles. The Hall–Kier alpha value is -0.380. The highest BCUT2D eigenvalue weighted by Crippen LogP contribution is 2.26. The highest BCUT2D eigenvalue weighted by molar-refractivity contribution is 9.10. The molecular weight excluding hydrogens is 230 g/mol. The molecular formula is C10H12BrNO. The van der Waals surface area contributed by atoms with Crippen molar-refractivity contribution in [1.82, 2.24) is 5.32 Å². The smallest absolute Gasteiger partial charge is 0.0512 e. The summed E-state index contributed by atoms with van der Waals surface area (Å²) < 4.78 is 1.09. The molecule has 0 aliphatic carbocycles. The largest absolute Gasteiger partial charge is 0.396 e. The molecule has 0 saturated heterocycles. The summed E-state index contributed by atoms with van der Waals surface area (Å²) in [5.74, 6) is 0.251. The molecule has 0 radical (unpaired) electrons. The van der Waals surface area contributed by atoms with Crippen LogP contribution in [0.3, 0.4) is 0 Å². The zero-order valence-electron chi connectivity index (χ0n) is 7.26. The molecule has 1 heterocycles. The van der Waals surface area contributed by atoms with E-state index in [4.69, 9.17) is 0 Å². The minimum absolute atomic E-state index is 0.219. The van der Waals surface area contributed by atoms with Crippen molar-refractivity contribution in [3.63, 3.8) is 0 Å². The molecule has 0 amide bonds. The van der Waals surface area contributed by atoms with Crippen LogP contribution in [0.2, 0.25) is 0 Å². The Morgan fingerprint density at radius 2 is 2.38 bits per heavy atom. The van der Waals surface area contributed by atoms with E-state index in [1.54, 1.807) is 0 Å². The van der Waals surface area contributed by atoms with Gasteiger partial charge in [0.1, 0.15) is 0 Å². The molecule has 2 rings (SSSR count). The highest BCUT2D eigenvalue weighted by atomic mass is 79.9. The van der Waals surface area contributed by atoms with Crippen molar-refractivity contribution in [3.05, 3.63) is 33.8 Å². The van der Waals surface area contributed by atoms with Crippen LogP contribution in [0, 0.1) is 0 Å². The quantitative estimate of drug-likeness (QED) is 0.784. The maximum Gasteiger partial charge on any atom is 0.0512 e. The van der Waals surface area contributed by atoms with E-state index >= 15 is 0 Å². The Bertz CT molecular complexity index is 314. The maximum atomic E-state index is 9.17. The molecule has 1 atom stereocenters. The van der Waals surface area contributed by atoms with E-state index < -0.39 is 0 Å². The second-order valence-corrected chi connectivity index (χ2v) is 4.27. The molecule has 0 fully saturated rings. The summed E-state index contributed by atoms with van der Waals surface area (Å²) in [6.07, 6.45) is 0. The lowest BCUT2D eigenvalue weighted by molar-refractivity contribution is 0.256. The van der Waals surface area contributed by atoms with Gasteiger partial charge in [0, 0.05) is 23.5 Å². The van der Waals surface area contributed by atoms with Crippen molar-refractivity contribution in [1.29, 1.82) is 0 Å². The van der Waals surface area contributed by atoms with Gasteiger partial charge in [-0.2, -0.15) is 0 Å². The number of aliphatic hydroxyl groups excluding tert-OH is 1. The Morgan fingerprint density at radius 1 is 1.54 bits per heavy atom. The van der Waals surface area contributed by atoms with Crippen LogP contribution < -0.4 is 5.32 Å². The van der Waals surface area contributed by atoms with Crippen molar-refractivity contribution >= 4 is 15.9 Å². The van der Waals surface area contributed by atoms with Crippen molar-refractivity contribution in [2.24, 2.45) is 0 Å². The third kappa shape index (κ3) is 1.77. The second-order valence-electron chi connectivity index (χ2n) is 3.35. The number of fused-ring (bicyclic) bond motifs is 1. The van der Waals surface area contributed by atoms with Crippen molar-refractivity contribution < 1.29 is 5.11 Å².